The minimum Gasteiger partial charge on any atom is -0.465 e. The molecule has 6 bridgehead atoms. The van der Waals surface area contributed by atoms with E-state index in [0.717, 1.165) is 0 Å². The average molecular weight is 860 g/mol. The van der Waals surface area contributed by atoms with Gasteiger partial charge in [0.2, 0.25) is 0 Å². The smallest absolute Gasteiger partial charge is 0.465 e. The fourth-order valence-corrected chi connectivity index (χ4v) is 48.4. The molecule has 14 nitrogen and oxygen atoms in total. The van der Waals surface area contributed by atoms with Gasteiger partial charge in [-0.25, -0.2) is 0 Å². The predicted octanol–water partition coefficient (Wildman–Crippen LogP) is 4.46. The van der Waals surface area contributed by atoms with Crippen LogP contribution in [0.3, 0.4) is 0 Å². The van der Waals surface area contributed by atoms with E-state index in [1.54, 1.807) is 28.1 Å². The Morgan fingerprint density at radius 1 is 0.717 bits per heavy atom. The van der Waals surface area contributed by atoms with E-state index in [-0.39, 0.29) is 12.6 Å². The molecule has 0 aromatic heterocycles. The summed E-state index contributed by atoms with van der Waals surface area (Å²) in [6.07, 6.45) is 0.791. The van der Waals surface area contributed by atoms with Gasteiger partial charge in [-0.05, 0) is 32.9 Å². The highest BCUT2D eigenvalue weighted by molar-refractivity contribution is 9.10. The van der Waals surface area contributed by atoms with Gasteiger partial charge in [0.25, 0.3) is 0 Å². The van der Waals surface area contributed by atoms with Crippen LogP contribution in [0.5, 0.6) is 0 Å². The van der Waals surface area contributed by atoms with E-state index >= 15 is 0 Å². The molecule has 4 saturated heterocycles. The predicted molar refractivity (Wildman–Crippen MR) is 191 cm³/mol. The van der Waals surface area contributed by atoms with Gasteiger partial charge in [0.05, 0.1) is 12.8 Å². The van der Waals surface area contributed by atoms with Gasteiger partial charge in [0, 0.05) is 50.5 Å². The Morgan fingerprint density at radius 2 is 1.13 bits per heavy atom. The first-order chi connectivity index (χ1) is 21.5. The number of fused-ring (bicyclic) bond motifs is 4. The van der Waals surface area contributed by atoms with E-state index < -0.39 is 75.5 Å². The highest BCUT2D eigenvalue weighted by atomic mass is 79.9. The largest absolute Gasteiger partial charge is 0.485 e. The van der Waals surface area contributed by atoms with Crippen LogP contribution in [0, 0.1) is 0 Å². The second kappa shape index (κ2) is 16.7. The monoisotopic (exact) mass is 858 g/mol. The van der Waals surface area contributed by atoms with Crippen molar-refractivity contribution in [2.75, 3.05) is 27.1 Å². The molecular formula is C23H55BrO14Si8. The quantitative estimate of drug-likeness (QED) is 0.125. The Balaban J connectivity index is 0.00000185. The SMILES string of the molecule is CC[SiH]1O[Si]2(CCCOC(=O)C(C)(C)Br)O[Si]3(CC)OC[SiH](C)O[Si]4(CC)O[Si](CC)(O1)O[Si](CC)(O2)O[Si](CC)(O3)O4.COC. The zero-order valence-corrected chi connectivity index (χ0v) is 39.2. The molecule has 4 rings (SSSR count). The summed E-state index contributed by atoms with van der Waals surface area (Å²) >= 11 is 3.37. The zero-order valence-electron chi connectivity index (χ0n) is 29.3. The van der Waals surface area contributed by atoms with E-state index in [0.29, 0.717) is 55.0 Å². The van der Waals surface area contributed by atoms with Crippen LogP contribution in [0.4, 0.5) is 0 Å². The van der Waals surface area contributed by atoms with Crippen LogP contribution < -0.4 is 0 Å². The van der Waals surface area contributed by atoms with Crippen molar-refractivity contribution in [2.24, 2.45) is 0 Å². The number of rotatable bonds is 11. The Morgan fingerprint density at radius 3 is 1.63 bits per heavy atom. The highest BCUT2D eigenvalue weighted by Gasteiger charge is 2.74. The van der Waals surface area contributed by atoms with Crippen LogP contribution in [0.15, 0.2) is 0 Å². The maximum absolute atomic E-state index is 12.5. The average Bonchev–Trinajstić information content (AvgIpc) is 3.04. The Kier molecular flexibility index (Phi) is 15.1. The number of alkyl halides is 1. The summed E-state index contributed by atoms with van der Waals surface area (Å²) in [6, 6.07) is 3.28. The fraction of sp³-hybridized carbons (Fsp3) is 0.957. The molecule has 46 heavy (non-hydrogen) atoms. The van der Waals surface area contributed by atoms with E-state index in [9.17, 15) is 4.79 Å². The molecule has 0 saturated carbocycles. The number of ether oxygens (including phenoxy) is 2. The molecule has 0 aliphatic carbocycles. The number of carbonyl (C=O) groups excluding carboxylic acids is 1. The van der Waals surface area contributed by atoms with Crippen molar-refractivity contribution < 1.29 is 59.8 Å². The van der Waals surface area contributed by atoms with Crippen molar-refractivity contribution in [3.8, 4) is 0 Å². The molecule has 23 heteroatoms. The van der Waals surface area contributed by atoms with Crippen LogP contribution in [0.2, 0.25) is 48.9 Å². The van der Waals surface area contributed by atoms with Crippen LogP contribution in [-0.2, 0) is 59.8 Å². The van der Waals surface area contributed by atoms with Crippen molar-refractivity contribution in [1.82, 2.24) is 0 Å². The molecule has 8 unspecified atom stereocenters. The number of esters is 1. The maximum atomic E-state index is 12.5. The second-order valence-corrected chi connectivity index (χ2v) is 38.7. The number of halogens is 1. The van der Waals surface area contributed by atoms with Crippen molar-refractivity contribution in [3.63, 3.8) is 0 Å². The Hall–Kier alpha value is 1.21. The van der Waals surface area contributed by atoms with Gasteiger partial charge in [-0.3, -0.25) is 4.79 Å². The van der Waals surface area contributed by atoms with Crippen molar-refractivity contribution in [1.29, 1.82) is 0 Å². The van der Waals surface area contributed by atoms with E-state index in [2.05, 4.69) is 27.2 Å². The van der Waals surface area contributed by atoms with Gasteiger partial charge >= 0.3 is 68.1 Å². The Labute approximate surface area is 293 Å². The molecule has 4 aliphatic heterocycles. The molecule has 4 fully saturated rings. The standard InChI is InChI=1S/C21H49BrO13Si8.C2H6O/c1-10-37-27-40(13-4)31-39(12-3)26-36(9)19-25-38(11-2)29-41(14-5,32-39)34-42(15-6,33-40)35-43(28-37,30-38)18-16-17-24-20(23)21(7,8)22;1-3-2/h36-37H,10-19H2,1-9H3;1-2H3. The lowest BCUT2D eigenvalue weighted by Gasteiger charge is -2.56. The number of hydrogen-bond donors (Lipinski definition) is 0. The Bertz CT molecular complexity index is 1020. The number of methoxy groups -OCH3 is 1. The van der Waals surface area contributed by atoms with E-state index in [4.69, 9.17) is 50.3 Å². The molecule has 4 aliphatic rings. The molecule has 0 N–H and O–H groups in total. The maximum Gasteiger partial charge on any atom is 0.485 e. The van der Waals surface area contributed by atoms with Gasteiger partial charge in [-0.2, -0.15) is 0 Å². The lowest BCUT2D eigenvalue weighted by molar-refractivity contribution is -0.145. The molecule has 0 radical (unpaired) electrons. The van der Waals surface area contributed by atoms with Crippen LogP contribution in [0.25, 0.3) is 0 Å². The van der Waals surface area contributed by atoms with E-state index in [1.165, 1.54) is 0 Å². The molecular weight excluding hydrogens is 805 g/mol. The summed E-state index contributed by atoms with van der Waals surface area (Å²) in [5.74, 6) is -0.350. The van der Waals surface area contributed by atoms with E-state index in [1.807, 2.05) is 41.5 Å². The molecule has 8 atom stereocenters. The van der Waals surface area contributed by atoms with Gasteiger partial charge in [0.15, 0.2) is 9.04 Å². The summed E-state index contributed by atoms with van der Waals surface area (Å²) in [6.45, 7) is 17.8. The van der Waals surface area contributed by atoms with Crippen molar-refractivity contribution in [2.45, 2.75) is 115 Å². The lowest BCUT2D eigenvalue weighted by atomic mass is 10.2. The van der Waals surface area contributed by atoms with Gasteiger partial charge in [-0.1, -0.05) is 57.5 Å². The second-order valence-electron chi connectivity index (χ2n) is 12.0. The third-order valence-electron chi connectivity index (χ3n) is 7.56. The summed E-state index contributed by atoms with van der Waals surface area (Å²) in [7, 11) is -22.7. The lowest BCUT2D eigenvalue weighted by Crippen LogP contribution is -2.80. The summed E-state index contributed by atoms with van der Waals surface area (Å²) in [5.41, 5.74) is 0. The van der Waals surface area contributed by atoms with Crippen molar-refractivity contribution >= 4 is 93.0 Å². The highest BCUT2D eigenvalue weighted by Crippen LogP contribution is 2.47. The third-order valence-corrected chi connectivity index (χ3v) is 40.9. The topological polar surface area (TPSA) is 137 Å². The first-order valence-electron chi connectivity index (χ1n) is 16.4. The minimum absolute atomic E-state index is 0.165. The van der Waals surface area contributed by atoms with Gasteiger partial charge < -0.3 is 55.1 Å². The summed E-state index contributed by atoms with van der Waals surface area (Å²) < 4.78 is 86.3. The van der Waals surface area contributed by atoms with Crippen LogP contribution >= 0.6 is 15.9 Å². The van der Waals surface area contributed by atoms with Crippen molar-refractivity contribution in [3.05, 3.63) is 0 Å². The number of carbonyl (C=O) groups is 1. The van der Waals surface area contributed by atoms with Crippen LogP contribution in [-0.4, -0.2) is 109 Å². The first-order valence-corrected chi connectivity index (χ1v) is 33.0. The molecule has 0 spiro atoms. The van der Waals surface area contributed by atoms with Crippen LogP contribution in [0.1, 0.15) is 61.8 Å². The zero-order chi connectivity index (χ0) is 34.5. The normalized spacial score (nSPS) is 41.0. The first kappa shape index (κ1) is 41.6. The fourth-order valence-electron chi connectivity index (χ4n) is 5.17. The molecule has 270 valence electrons. The molecule has 0 aromatic carbocycles. The third kappa shape index (κ3) is 9.75. The number of hydrogen-bond acceptors (Lipinski definition) is 14. The molecule has 4 heterocycles. The van der Waals surface area contributed by atoms with Gasteiger partial charge in [-0.15, -0.1) is 0 Å². The molecule has 0 aromatic rings. The summed E-state index contributed by atoms with van der Waals surface area (Å²) in [5, 5.41) is 0. The molecule has 0 amide bonds. The van der Waals surface area contributed by atoms with Gasteiger partial charge in [0.1, 0.15) is 4.32 Å². The summed E-state index contributed by atoms with van der Waals surface area (Å²) in [4.78, 5) is 12.5. The minimum atomic E-state index is -3.70.